The molecule has 1 heterocycles. The van der Waals surface area contributed by atoms with Gasteiger partial charge in [-0.05, 0) is 26.3 Å². The normalized spacial score (nSPS) is 17.5. The molecule has 0 bridgehead atoms. The molecule has 0 saturated carbocycles. The van der Waals surface area contributed by atoms with Crippen molar-refractivity contribution in [2.45, 2.75) is 26.9 Å². The minimum Gasteiger partial charge on any atom is -0.411 e. The fraction of sp³-hybridized carbons (Fsp3) is 0.562. The van der Waals surface area contributed by atoms with E-state index in [0.717, 1.165) is 6.54 Å². The second-order valence-electron chi connectivity index (χ2n) is 4.99. The quantitative estimate of drug-likeness (QED) is 0.671. The minimum absolute atomic E-state index is 0.108. The van der Waals surface area contributed by atoms with Crippen LogP contribution in [0.1, 0.15) is 32.4 Å². The number of quaternary nitrogens is 1. The molecule has 118 valence electrons. The SMILES string of the molecule is CC[NH+](CC)CC.S=C([S-])N1COC(c2ccccc2)C1. The third-order valence-corrected chi connectivity index (χ3v) is 4.26. The number of thiocarbonyl (C=S) groups is 1. The molecule has 0 aromatic heterocycles. The minimum atomic E-state index is 0.108. The molecule has 0 amide bonds. The Labute approximate surface area is 139 Å². The Morgan fingerprint density at radius 1 is 1.24 bits per heavy atom. The lowest BCUT2D eigenvalue weighted by molar-refractivity contribution is -0.894. The van der Waals surface area contributed by atoms with E-state index in [1.54, 1.807) is 4.90 Å². The first-order chi connectivity index (χ1) is 10.1. The Balaban J connectivity index is 0.000000270. The molecule has 1 atom stereocenters. The maximum absolute atomic E-state index is 5.58. The lowest BCUT2D eigenvalue weighted by Crippen LogP contribution is -3.11. The zero-order valence-corrected chi connectivity index (χ0v) is 14.8. The van der Waals surface area contributed by atoms with E-state index in [1.165, 1.54) is 25.2 Å². The standard InChI is InChI=1S/C10H11NOS2.C6H15N/c13-10(14)11-6-9(12-7-11)8-4-2-1-3-5-8;1-4-7(5-2)6-3/h1-5,9H,6-7H2,(H,13,14);4-6H2,1-3H3. The second kappa shape index (κ2) is 10.1. The summed E-state index contributed by atoms with van der Waals surface area (Å²) < 4.78 is 6.07. The number of hydrogen-bond donors (Lipinski definition) is 1. The van der Waals surface area contributed by atoms with Gasteiger partial charge in [0.15, 0.2) is 0 Å². The fourth-order valence-electron chi connectivity index (χ4n) is 2.23. The molecule has 1 aliphatic rings. The topological polar surface area (TPSA) is 16.9 Å². The Hall–Kier alpha value is -0.750. The number of nitrogens with one attached hydrogen (secondary N) is 1. The van der Waals surface area contributed by atoms with Gasteiger partial charge in [-0.3, -0.25) is 0 Å². The zero-order chi connectivity index (χ0) is 15.7. The lowest BCUT2D eigenvalue weighted by atomic mass is 10.1. The molecular weight excluding hydrogens is 300 g/mol. The van der Waals surface area contributed by atoms with Crippen LogP contribution < -0.4 is 4.90 Å². The monoisotopic (exact) mass is 326 g/mol. The molecule has 2 rings (SSSR count). The van der Waals surface area contributed by atoms with E-state index in [2.05, 4.69) is 32.9 Å². The highest BCUT2D eigenvalue weighted by molar-refractivity contribution is 8.00. The van der Waals surface area contributed by atoms with Crippen LogP contribution in [-0.2, 0) is 17.4 Å². The van der Waals surface area contributed by atoms with E-state index < -0.39 is 0 Å². The highest BCUT2D eigenvalue weighted by atomic mass is 32.1. The van der Waals surface area contributed by atoms with E-state index in [4.69, 9.17) is 29.6 Å². The molecule has 0 spiro atoms. The molecular formula is C16H26N2OS2. The zero-order valence-electron chi connectivity index (χ0n) is 13.2. The van der Waals surface area contributed by atoms with Crippen molar-refractivity contribution >= 4 is 29.2 Å². The number of benzene rings is 1. The van der Waals surface area contributed by atoms with Crippen LogP contribution in [0.2, 0.25) is 0 Å². The third kappa shape index (κ3) is 6.26. The number of rotatable bonds is 4. The maximum Gasteiger partial charge on any atom is 0.118 e. The molecule has 1 N–H and O–H groups in total. The van der Waals surface area contributed by atoms with Crippen molar-refractivity contribution < 1.29 is 9.64 Å². The molecule has 0 aliphatic carbocycles. The van der Waals surface area contributed by atoms with E-state index in [9.17, 15) is 0 Å². The summed E-state index contributed by atoms with van der Waals surface area (Å²) >= 11 is 9.84. The van der Waals surface area contributed by atoms with Gasteiger partial charge in [-0.2, -0.15) is 0 Å². The molecule has 1 aliphatic heterocycles. The Bertz CT molecular complexity index is 404. The number of ether oxygens (including phenoxy) is 1. The van der Waals surface area contributed by atoms with Gasteiger partial charge in [0, 0.05) is 6.54 Å². The van der Waals surface area contributed by atoms with Gasteiger partial charge in [-0.1, -0.05) is 34.7 Å². The Kier molecular flexibility index (Phi) is 8.76. The van der Waals surface area contributed by atoms with Crippen LogP contribution in [-0.4, -0.2) is 42.1 Å². The van der Waals surface area contributed by atoms with Crippen LogP contribution in [0.4, 0.5) is 0 Å². The predicted molar refractivity (Wildman–Crippen MR) is 94.4 cm³/mol. The van der Waals surface area contributed by atoms with Gasteiger partial charge in [-0.15, -0.1) is 0 Å². The van der Waals surface area contributed by atoms with Crippen LogP contribution in [0.15, 0.2) is 30.3 Å². The lowest BCUT2D eigenvalue weighted by Gasteiger charge is -2.19. The van der Waals surface area contributed by atoms with Crippen LogP contribution in [0, 0.1) is 0 Å². The van der Waals surface area contributed by atoms with E-state index >= 15 is 0 Å². The number of hydrogen-bond acceptors (Lipinski definition) is 3. The Morgan fingerprint density at radius 2 is 1.81 bits per heavy atom. The summed E-state index contributed by atoms with van der Waals surface area (Å²) in [5.41, 5.74) is 1.18. The van der Waals surface area contributed by atoms with Crippen molar-refractivity contribution in [3.63, 3.8) is 0 Å². The smallest absolute Gasteiger partial charge is 0.118 e. The van der Waals surface area contributed by atoms with Crippen LogP contribution >= 0.6 is 12.2 Å². The molecule has 1 aromatic carbocycles. The summed E-state index contributed by atoms with van der Waals surface area (Å²) in [4.78, 5) is 3.57. The van der Waals surface area contributed by atoms with Gasteiger partial charge in [0.05, 0.1) is 19.6 Å². The first-order valence-corrected chi connectivity index (χ1v) is 8.39. The molecule has 21 heavy (non-hydrogen) atoms. The molecule has 5 heteroatoms. The van der Waals surface area contributed by atoms with Crippen molar-refractivity contribution in [2.75, 3.05) is 32.9 Å². The highest BCUT2D eigenvalue weighted by Gasteiger charge is 2.22. The summed E-state index contributed by atoms with van der Waals surface area (Å²) in [7, 11) is 0. The van der Waals surface area contributed by atoms with Crippen LogP contribution in [0.25, 0.3) is 0 Å². The van der Waals surface area contributed by atoms with E-state index in [1.807, 2.05) is 23.1 Å². The van der Waals surface area contributed by atoms with E-state index in [0.29, 0.717) is 11.1 Å². The predicted octanol–water partition coefficient (Wildman–Crippen LogP) is 1.78. The van der Waals surface area contributed by atoms with Gasteiger partial charge >= 0.3 is 0 Å². The van der Waals surface area contributed by atoms with Gasteiger partial charge < -0.3 is 39.4 Å². The van der Waals surface area contributed by atoms with Crippen molar-refractivity contribution in [3.05, 3.63) is 35.9 Å². The van der Waals surface area contributed by atoms with Crippen molar-refractivity contribution in [3.8, 4) is 0 Å². The average Bonchev–Trinajstić information content (AvgIpc) is 3.01. The molecule has 1 fully saturated rings. The molecule has 1 aromatic rings. The third-order valence-electron chi connectivity index (χ3n) is 3.75. The highest BCUT2D eigenvalue weighted by Crippen LogP contribution is 2.24. The van der Waals surface area contributed by atoms with Crippen molar-refractivity contribution in [2.24, 2.45) is 0 Å². The van der Waals surface area contributed by atoms with Crippen molar-refractivity contribution in [1.82, 2.24) is 4.90 Å². The summed E-state index contributed by atoms with van der Waals surface area (Å²) in [5, 5.41) is 0. The van der Waals surface area contributed by atoms with Gasteiger partial charge in [0.1, 0.15) is 12.8 Å². The summed E-state index contributed by atoms with van der Waals surface area (Å²) in [6.45, 7) is 11.8. The largest absolute Gasteiger partial charge is 0.411 e. The molecule has 1 saturated heterocycles. The summed E-state index contributed by atoms with van der Waals surface area (Å²) in [5.74, 6) is 0. The molecule has 3 nitrogen and oxygen atoms in total. The average molecular weight is 327 g/mol. The first-order valence-electron chi connectivity index (χ1n) is 7.58. The summed E-state index contributed by atoms with van der Waals surface area (Å²) in [6, 6.07) is 10.1. The fourth-order valence-corrected chi connectivity index (χ4v) is 2.49. The second-order valence-corrected chi connectivity index (χ2v) is 6.03. The maximum atomic E-state index is 5.58. The van der Waals surface area contributed by atoms with E-state index in [-0.39, 0.29) is 6.10 Å². The van der Waals surface area contributed by atoms with Crippen LogP contribution in [0.3, 0.4) is 0 Å². The van der Waals surface area contributed by atoms with Crippen LogP contribution in [0.5, 0.6) is 0 Å². The van der Waals surface area contributed by atoms with Crippen molar-refractivity contribution in [1.29, 1.82) is 0 Å². The number of nitrogens with zero attached hydrogens (tertiary/aromatic N) is 1. The Morgan fingerprint density at radius 3 is 2.19 bits per heavy atom. The summed E-state index contributed by atoms with van der Waals surface area (Å²) in [6.07, 6.45) is 0.108. The van der Waals surface area contributed by atoms with Gasteiger partial charge in [-0.25, -0.2) is 0 Å². The first kappa shape index (κ1) is 18.3. The van der Waals surface area contributed by atoms with Gasteiger partial charge in [0.25, 0.3) is 0 Å². The molecule has 1 unspecified atom stereocenters. The molecule has 0 radical (unpaired) electrons. The van der Waals surface area contributed by atoms with Gasteiger partial charge in [0.2, 0.25) is 0 Å².